The Labute approximate surface area is 181 Å². The van der Waals surface area contributed by atoms with Gasteiger partial charge in [-0.1, -0.05) is 30.3 Å². The number of piperidine rings is 1. The molecule has 166 valence electrons. The average Bonchev–Trinajstić information content (AvgIpc) is 3.26. The number of pyridine rings is 1. The van der Waals surface area contributed by atoms with Gasteiger partial charge < -0.3 is 15.0 Å². The highest BCUT2D eigenvalue weighted by atomic mass is 19.4. The van der Waals surface area contributed by atoms with Crippen LogP contribution in [0.3, 0.4) is 0 Å². The number of benzene rings is 1. The molecule has 2 aromatic heterocycles. The predicted molar refractivity (Wildman–Crippen MR) is 109 cm³/mol. The lowest BCUT2D eigenvalue weighted by molar-refractivity contribution is -0.146. The van der Waals surface area contributed by atoms with E-state index in [1.165, 1.54) is 12.4 Å². The number of amides is 1. The normalized spacial score (nSPS) is 16.8. The van der Waals surface area contributed by atoms with Gasteiger partial charge >= 0.3 is 12.3 Å². The Morgan fingerprint density at radius 1 is 1.09 bits per heavy atom. The first kappa shape index (κ1) is 20.3. The van der Waals surface area contributed by atoms with Gasteiger partial charge in [0.15, 0.2) is 5.82 Å². The molecule has 0 bridgehead atoms. The van der Waals surface area contributed by atoms with Gasteiger partial charge in [0.25, 0.3) is 0 Å². The average molecular weight is 443 g/mol. The van der Waals surface area contributed by atoms with Gasteiger partial charge in [-0.2, -0.15) is 13.2 Å². The van der Waals surface area contributed by atoms with Gasteiger partial charge in [-0.25, -0.2) is 14.8 Å². The second kappa shape index (κ2) is 7.54. The van der Waals surface area contributed by atoms with Crippen molar-refractivity contribution >= 4 is 11.8 Å². The minimum atomic E-state index is -4.62. The van der Waals surface area contributed by atoms with Gasteiger partial charge in [0.1, 0.15) is 6.61 Å². The molecular formula is C22H20F3N5O2. The molecule has 7 nitrogen and oxygen atoms in total. The molecule has 1 spiro atoms. The molecule has 0 radical (unpaired) electrons. The van der Waals surface area contributed by atoms with Crippen molar-refractivity contribution in [1.29, 1.82) is 0 Å². The summed E-state index contributed by atoms with van der Waals surface area (Å²) in [7, 11) is 0. The standard InChI is InChI=1S/C22H20F3N5O2/c23-22(24,25)19-27-13-17-21(28-16-7-4-10-26-18(16)30(17)19)8-11-29(12-9-21)20(31)32-14-15-5-2-1-3-6-15/h1-7,10,13,28H,8-9,11-12,14H2. The SMILES string of the molecule is O=C(OCc1ccccc1)N1CCC2(CC1)Nc1cccnc1-n1c2cnc1C(F)(F)F. The van der Waals surface area contributed by atoms with Crippen molar-refractivity contribution in [1.82, 2.24) is 19.4 Å². The van der Waals surface area contributed by atoms with Crippen LogP contribution in [0.1, 0.15) is 29.9 Å². The Balaban J connectivity index is 1.37. The molecule has 1 fully saturated rings. The number of rotatable bonds is 2. The number of likely N-dealkylation sites (tertiary alicyclic amines) is 1. The summed E-state index contributed by atoms with van der Waals surface area (Å²) in [5.41, 5.74) is 0.996. The van der Waals surface area contributed by atoms with Crippen LogP contribution in [0.15, 0.2) is 54.9 Å². The summed E-state index contributed by atoms with van der Waals surface area (Å²) in [6, 6.07) is 12.7. The highest BCUT2D eigenvalue weighted by Gasteiger charge is 2.48. The van der Waals surface area contributed by atoms with Crippen LogP contribution in [0.2, 0.25) is 0 Å². The van der Waals surface area contributed by atoms with Gasteiger partial charge in [-0.15, -0.1) is 0 Å². The number of ether oxygens (including phenoxy) is 1. The fourth-order valence-corrected chi connectivity index (χ4v) is 4.36. The number of fused-ring (bicyclic) bond motifs is 4. The first-order valence-corrected chi connectivity index (χ1v) is 10.2. The minimum absolute atomic E-state index is 0.167. The molecule has 1 amide bonds. The Kier molecular flexibility index (Phi) is 4.79. The summed E-state index contributed by atoms with van der Waals surface area (Å²) in [6.45, 7) is 0.839. The summed E-state index contributed by atoms with van der Waals surface area (Å²) in [6.07, 6.45) is -1.53. The van der Waals surface area contributed by atoms with Gasteiger partial charge in [0.2, 0.25) is 5.82 Å². The molecule has 1 aromatic carbocycles. The molecule has 1 saturated heterocycles. The first-order chi connectivity index (χ1) is 15.4. The third-order valence-electron chi connectivity index (χ3n) is 5.96. The number of imidazole rings is 1. The Hall–Kier alpha value is -3.56. The Morgan fingerprint density at radius 2 is 1.84 bits per heavy atom. The second-order valence-electron chi connectivity index (χ2n) is 7.91. The highest BCUT2D eigenvalue weighted by Crippen LogP contribution is 2.45. The zero-order chi connectivity index (χ0) is 22.3. The Morgan fingerprint density at radius 3 is 2.56 bits per heavy atom. The number of anilines is 1. The molecule has 4 heterocycles. The molecule has 0 atom stereocenters. The number of hydrogen-bond acceptors (Lipinski definition) is 5. The summed E-state index contributed by atoms with van der Waals surface area (Å²) < 4.78 is 47.5. The topological polar surface area (TPSA) is 72.3 Å². The van der Waals surface area contributed by atoms with Crippen LogP contribution in [-0.2, 0) is 23.1 Å². The van der Waals surface area contributed by atoms with Gasteiger partial charge in [0.05, 0.1) is 23.1 Å². The maximum Gasteiger partial charge on any atom is 0.450 e. The zero-order valence-corrected chi connectivity index (χ0v) is 17.0. The molecule has 10 heteroatoms. The third-order valence-corrected chi connectivity index (χ3v) is 5.96. The van der Waals surface area contributed by atoms with Crippen molar-refractivity contribution < 1.29 is 22.7 Å². The largest absolute Gasteiger partial charge is 0.450 e. The molecule has 0 unspecified atom stereocenters. The van der Waals surface area contributed by atoms with Crippen LogP contribution < -0.4 is 5.32 Å². The monoisotopic (exact) mass is 443 g/mol. The van der Waals surface area contributed by atoms with Crippen LogP contribution in [0.25, 0.3) is 5.82 Å². The summed E-state index contributed by atoms with van der Waals surface area (Å²) in [5.74, 6) is -0.833. The van der Waals surface area contributed by atoms with E-state index in [1.54, 1.807) is 17.0 Å². The molecule has 5 rings (SSSR count). The lowest BCUT2D eigenvalue weighted by atomic mass is 9.83. The number of carbonyl (C=O) groups excluding carboxylic acids is 1. The lowest BCUT2D eigenvalue weighted by Gasteiger charge is -2.45. The van der Waals surface area contributed by atoms with Crippen LogP contribution in [-0.4, -0.2) is 38.6 Å². The number of alkyl halides is 3. The van der Waals surface area contributed by atoms with E-state index in [-0.39, 0.29) is 12.4 Å². The number of hydrogen-bond donors (Lipinski definition) is 1. The van der Waals surface area contributed by atoms with Crippen LogP contribution in [0.5, 0.6) is 0 Å². The summed E-state index contributed by atoms with van der Waals surface area (Å²) in [4.78, 5) is 22.0. The molecular weight excluding hydrogens is 423 g/mol. The zero-order valence-electron chi connectivity index (χ0n) is 17.0. The van der Waals surface area contributed by atoms with E-state index in [9.17, 15) is 18.0 Å². The minimum Gasteiger partial charge on any atom is -0.445 e. The second-order valence-corrected chi connectivity index (χ2v) is 7.91. The quantitative estimate of drug-likeness (QED) is 0.638. The molecule has 0 saturated carbocycles. The van der Waals surface area contributed by atoms with Crippen molar-refractivity contribution in [3.63, 3.8) is 0 Å². The maximum atomic E-state index is 13.7. The number of aromatic nitrogens is 3. The van der Waals surface area contributed by atoms with Gasteiger partial charge in [-0.3, -0.25) is 4.57 Å². The van der Waals surface area contributed by atoms with Gasteiger partial charge in [0, 0.05) is 19.3 Å². The molecule has 32 heavy (non-hydrogen) atoms. The van der Waals surface area contributed by atoms with E-state index in [2.05, 4.69) is 15.3 Å². The predicted octanol–water partition coefficient (Wildman–Crippen LogP) is 4.34. The van der Waals surface area contributed by atoms with Gasteiger partial charge in [-0.05, 0) is 30.5 Å². The van der Waals surface area contributed by atoms with Crippen LogP contribution in [0, 0.1) is 0 Å². The third kappa shape index (κ3) is 3.45. The van der Waals surface area contributed by atoms with E-state index in [4.69, 9.17) is 4.74 Å². The summed E-state index contributed by atoms with van der Waals surface area (Å²) >= 11 is 0. The number of nitrogens with one attached hydrogen (secondary N) is 1. The van der Waals surface area contributed by atoms with E-state index in [0.29, 0.717) is 37.3 Å². The van der Waals surface area contributed by atoms with E-state index in [1.807, 2.05) is 30.3 Å². The fourth-order valence-electron chi connectivity index (χ4n) is 4.36. The highest BCUT2D eigenvalue weighted by molar-refractivity contribution is 5.68. The smallest absolute Gasteiger partial charge is 0.445 e. The van der Waals surface area contributed by atoms with Crippen molar-refractivity contribution in [3.8, 4) is 5.82 Å². The number of nitrogens with zero attached hydrogens (tertiary/aromatic N) is 4. The van der Waals surface area contributed by atoms with Crippen LogP contribution in [0.4, 0.5) is 23.7 Å². The summed E-state index contributed by atoms with van der Waals surface area (Å²) in [5, 5.41) is 3.38. The van der Waals surface area contributed by atoms with Crippen molar-refractivity contribution in [3.05, 3.63) is 71.9 Å². The Bertz CT molecular complexity index is 1140. The van der Waals surface area contributed by atoms with E-state index >= 15 is 0 Å². The van der Waals surface area contributed by atoms with Crippen molar-refractivity contribution in [2.75, 3.05) is 18.4 Å². The van der Waals surface area contributed by atoms with E-state index in [0.717, 1.165) is 10.1 Å². The molecule has 2 aliphatic heterocycles. The molecule has 1 N–H and O–H groups in total. The maximum absolute atomic E-state index is 13.7. The fraction of sp³-hybridized carbons (Fsp3) is 0.318. The molecule has 2 aliphatic rings. The number of carbonyl (C=O) groups is 1. The van der Waals surface area contributed by atoms with Crippen molar-refractivity contribution in [2.24, 2.45) is 0 Å². The first-order valence-electron chi connectivity index (χ1n) is 10.2. The lowest BCUT2D eigenvalue weighted by Crippen LogP contribution is -2.51. The molecule has 0 aliphatic carbocycles. The van der Waals surface area contributed by atoms with Crippen LogP contribution >= 0.6 is 0 Å². The molecule has 3 aromatic rings. The number of halogens is 3. The van der Waals surface area contributed by atoms with E-state index < -0.39 is 23.6 Å². The van der Waals surface area contributed by atoms with Crippen molar-refractivity contribution in [2.45, 2.75) is 31.2 Å².